The van der Waals surface area contributed by atoms with E-state index >= 15 is 0 Å². The molecule has 4 aromatic rings. The summed E-state index contributed by atoms with van der Waals surface area (Å²) in [4.78, 5) is 41.6. The van der Waals surface area contributed by atoms with Crippen LogP contribution in [0.1, 0.15) is 10.4 Å². The molecule has 160 valence electrons. The number of aromatic nitrogens is 2. The maximum absolute atomic E-state index is 12.5. The topological polar surface area (TPSA) is 102 Å². The molecule has 0 radical (unpaired) electrons. The lowest BCUT2D eigenvalue weighted by Gasteiger charge is -2.11. The predicted octanol–water partition coefficient (Wildman–Crippen LogP) is 3.30. The molecule has 1 heterocycles. The van der Waals surface area contributed by atoms with Crippen LogP contribution in [0.15, 0.2) is 83.9 Å². The Kier molecular flexibility index (Phi) is 5.94. The number of ether oxygens (including phenoxy) is 1. The van der Waals surface area contributed by atoms with Crippen molar-refractivity contribution in [1.82, 2.24) is 9.55 Å². The Hall–Kier alpha value is -4.46. The molecular weight excluding hydrogens is 408 g/mol. The fourth-order valence-electron chi connectivity index (χ4n) is 3.22. The third-order valence-corrected chi connectivity index (χ3v) is 4.83. The SMILES string of the molecule is COc1ccccc1NC(=O)c1ccc(NC(=O)Cn2cnc3ccccc3c2=O)cc1. The summed E-state index contributed by atoms with van der Waals surface area (Å²) in [7, 11) is 1.53. The average Bonchev–Trinajstić information content (AvgIpc) is 2.82. The lowest BCUT2D eigenvalue weighted by molar-refractivity contribution is -0.116. The molecule has 0 aliphatic carbocycles. The lowest BCUT2D eigenvalue weighted by Crippen LogP contribution is -2.27. The summed E-state index contributed by atoms with van der Waals surface area (Å²) in [6.07, 6.45) is 1.36. The maximum atomic E-state index is 12.5. The number of benzene rings is 3. The number of hydrogen-bond donors (Lipinski definition) is 2. The summed E-state index contributed by atoms with van der Waals surface area (Å²) >= 11 is 0. The van der Waals surface area contributed by atoms with Crippen LogP contribution < -0.4 is 20.9 Å². The van der Waals surface area contributed by atoms with Gasteiger partial charge in [-0.25, -0.2) is 4.98 Å². The van der Waals surface area contributed by atoms with E-state index in [-0.39, 0.29) is 23.9 Å². The van der Waals surface area contributed by atoms with Gasteiger partial charge in [-0.2, -0.15) is 0 Å². The molecular formula is C24H20N4O4. The number of anilines is 2. The first-order valence-electron chi connectivity index (χ1n) is 9.83. The van der Waals surface area contributed by atoms with Gasteiger partial charge in [0, 0.05) is 11.3 Å². The number of nitrogens with one attached hydrogen (secondary N) is 2. The molecule has 1 aromatic heterocycles. The van der Waals surface area contributed by atoms with Crippen LogP contribution in [0.3, 0.4) is 0 Å². The van der Waals surface area contributed by atoms with Gasteiger partial charge < -0.3 is 15.4 Å². The first-order valence-corrected chi connectivity index (χ1v) is 9.83. The minimum absolute atomic E-state index is 0.174. The zero-order valence-corrected chi connectivity index (χ0v) is 17.2. The van der Waals surface area contributed by atoms with E-state index in [1.807, 2.05) is 6.07 Å². The number of carbonyl (C=O) groups excluding carboxylic acids is 2. The van der Waals surface area contributed by atoms with E-state index in [0.717, 1.165) is 0 Å². The highest BCUT2D eigenvalue weighted by Crippen LogP contribution is 2.23. The van der Waals surface area contributed by atoms with E-state index in [1.54, 1.807) is 66.7 Å². The molecule has 0 spiro atoms. The normalized spacial score (nSPS) is 10.5. The number of rotatable bonds is 6. The van der Waals surface area contributed by atoms with Crippen molar-refractivity contribution in [2.45, 2.75) is 6.54 Å². The van der Waals surface area contributed by atoms with Gasteiger partial charge in [0.05, 0.1) is 30.0 Å². The Labute approximate surface area is 183 Å². The summed E-state index contributed by atoms with van der Waals surface area (Å²) in [5.41, 5.74) is 1.78. The van der Waals surface area contributed by atoms with Crippen molar-refractivity contribution >= 4 is 34.1 Å². The van der Waals surface area contributed by atoms with E-state index in [2.05, 4.69) is 15.6 Å². The van der Waals surface area contributed by atoms with Crippen LogP contribution in [0.5, 0.6) is 5.75 Å². The minimum Gasteiger partial charge on any atom is -0.495 e. The Morgan fingerprint density at radius 1 is 0.938 bits per heavy atom. The summed E-state index contributed by atoms with van der Waals surface area (Å²) in [6.45, 7) is -0.174. The molecule has 3 aromatic carbocycles. The summed E-state index contributed by atoms with van der Waals surface area (Å²) in [6, 6.07) is 20.5. The van der Waals surface area contributed by atoms with Gasteiger partial charge in [0.1, 0.15) is 12.3 Å². The number of hydrogen-bond acceptors (Lipinski definition) is 5. The van der Waals surface area contributed by atoms with Crippen molar-refractivity contribution in [3.8, 4) is 5.75 Å². The predicted molar refractivity (Wildman–Crippen MR) is 122 cm³/mol. The molecule has 0 aliphatic heterocycles. The molecule has 0 saturated carbocycles. The second kappa shape index (κ2) is 9.13. The summed E-state index contributed by atoms with van der Waals surface area (Å²) in [5.74, 6) is -0.125. The maximum Gasteiger partial charge on any atom is 0.261 e. The van der Waals surface area contributed by atoms with Gasteiger partial charge in [0.2, 0.25) is 5.91 Å². The van der Waals surface area contributed by atoms with Crippen LogP contribution in [0.25, 0.3) is 10.9 Å². The molecule has 4 rings (SSSR count). The Balaban J connectivity index is 1.41. The third-order valence-electron chi connectivity index (χ3n) is 4.83. The largest absolute Gasteiger partial charge is 0.495 e. The van der Waals surface area contributed by atoms with Gasteiger partial charge in [0.25, 0.3) is 11.5 Å². The molecule has 0 bridgehead atoms. The molecule has 8 heteroatoms. The second-order valence-electron chi connectivity index (χ2n) is 6.97. The number of methoxy groups -OCH3 is 1. The molecule has 0 aliphatic rings. The zero-order valence-electron chi connectivity index (χ0n) is 17.2. The van der Waals surface area contributed by atoms with Crippen LogP contribution >= 0.6 is 0 Å². The molecule has 32 heavy (non-hydrogen) atoms. The zero-order chi connectivity index (χ0) is 22.5. The number of carbonyl (C=O) groups is 2. The smallest absolute Gasteiger partial charge is 0.261 e. The van der Waals surface area contributed by atoms with Crippen LogP contribution in [0.4, 0.5) is 11.4 Å². The fourth-order valence-corrected chi connectivity index (χ4v) is 3.22. The number of para-hydroxylation sites is 3. The second-order valence-corrected chi connectivity index (χ2v) is 6.97. The van der Waals surface area contributed by atoms with Crippen molar-refractivity contribution in [3.05, 3.63) is 95.0 Å². The highest BCUT2D eigenvalue weighted by atomic mass is 16.5. The molecule has 2 amide bonds. The van der Waals surface area contributed by atoms with Gasteiger partial charge in [-0.3, -0.25) is 19.0 Å². The van der Waals surface area contributed by atoms with Crippen LogP contribution in [-0.2, 0) is 11.3 Å². The monoisotopic (exact) mass is 428 g/mol. The van der Waals surface area contributed by atoms with Crippen molar-refractivity contribution in [1.29, 1.82) is 0 Å². The van der Waals surface area contributed by atoms with E-state index in [0.29, 0.717) is 33.6 Å². The molecule has 2 N–H and O–H groups in total. The fraction of sp³-hybridized carbons (Fsp3) is 0.0833. The number of nitrogens with zero attached hydrogens (tertiary/aromatic N) is 2. The first kappa shape index (κ1) is 20.8. The lowest BCUT2D eigenvalue weighted by atomic mass is 10.2. The van der Waals surface area contributed by atoms with E-state index in [1.165, 1.54) is 18.0 Å². The third kappa shape index (κ3) is 4.49. The molecule has 8 nitrogen and oxygen atoms in total. The number of fused-ring (bicyclic) bond motifs is 1. The van der Waals surface area contributed by atoms with Crippen molar-refractivity contribution < 1.29 is 14.3 Å². The quantitative estimate of drug-likeness (QED) is 0.491. The average molecular weight is 428 g/mol. The van der Waals surface area contributed by atoms with E-state index in [4.69, 9.17) is 4.74 Å². The Morgan fingerprint density at radius 3 is 2.44 bits per heavy atom. The van der Waals surface area contributed by atoms with Crippen LogP contribution in [0.2, 0.25) is 0 Å². The van der Waals surface area contributed by atoms with Crippen LogP contribution in [-0.4, -0.2) is 28.5 Å². The first-order chi connectivity index (χ1) is 15.5. The highest BCUT2D eigenvalue weighted by molar-refractivity contribution is 6.05. The Morgan fingerprint density at radius 2 is 1.66 bits per heavy atom. The Bertz CT molecular complexity index is 1350. The van der Waals surface area contributed by atoms with Crippen LogP contribution in [0, 0.1) is 0 Å². The summed E-state index contributed by atoms with van der Waals surface area (Å²) < 4.78 is 6.49. The number of amides is 2. The summed E-state index contributed by atoms with van der Waals surface area (Å²) in [5, 5.41) is 5.97. The van der Waals surface area contributed by atoms with Gasteiger partial charge in [-0.15, -0.1) is 0 Å². The van der Waals surface area contributed by atoms with Gasteiger partial charge >= 0.3 is 0 Å². The van der Waals surface area contributed by atoms with Crippen molar-refractivity contribution in [2.24, 2.45) is 0 Å². The standard InChI is InChI=1S/C24H20N4O4/c1-32-21-9-5-4-8-20(21)27-23(30)16-10-12-17(13-11-16)26-22(29)14-28-15-25-19-7-3-2-6-18(19)24(28)31/h2-13,15H,14H2,1H3,(H,26,29)(H,27,30). The van der Waals surface area contributed by atoms with E-state index < -0.39 is 0 Å². The van der Waals surface area contributed by atoms with Crippen molar-refractivity contribution in [2.75, 3.05) is 17.7 Å². The van der Waals surface area contributed by atoms with Gasteiger partial charge in [-0.05, 0) is 48.5 Å². The molecule has 0 saturated heterocycles. The van der Waals surface area contributed by atoms with Crippen molar-refractivity contribution in [3.63, 3.8) is 0 Å². The van der Waals surface area contributed by atoms with E-state index in [9.17, 15) is 14.4 Å². The van der Waals surface area contributed by atoms with Gasteiger partial charge in [0.15, 0.2) is 0 Å². The molecule has 0 fully saturated rings. The van der Waals surface area contributed by atoms with Gasteiger partial charge in [-0.1, -0.05) is 24.3 Å². The molecule has 0 atom stereocenters. The molecule has 0 unspecified atom stereocenters. The highest BCUT2D eigenvalue weighted by Gasteiger charge is 2.11. The minimum atomic E-state index is -0.379.